The van der Waals surface area contributed by atoms with E-state index < -0.39 is 0 Å². The van der Waals surface area contributed by atoms with E-state index in [1.165, 1.54) is 5.57 Å². The molecule has 0 spiro atoms. The Bertz CT molecular complexity index is 136. The van der Waals surface area contributed by atoms with Crippen LogP contribution in [0.4, 0.5) is 0 Å². The van der Waals surface area contributed by atoms with Crippen molar-refractivity contribution in [3.63, 3.8) is 0 Å². The molecule has 1 heterocycles. The zero-order chi connectivity index (χ0) is 6.53. The van der Waals surface area contributed by atoms with Gasteiger partial charge in [0, 0.05) is 13.1 Å². The number of hydrogen-bond acceptors (Lipinski definition) is 2. The zero-order valence-corrected chi connectivity index (χ0v) is 5.65. The third-order valence-electron chi connectivity index (χ3n) is 1.28. The maximum Gasteiger partial charge on any atom is 0.0370 e. The molecule has 0 atom stereocenters. The molecule has 0 radical (unpaired) electrons. The fraction of sp³-hybridized carbons (Fsp3) is 0.429. The van der Waals surface area contributed by atoms with E-state index in [0.29, 0.717) is 0 Å². The number of dihydropyridines is 1. The van der Waals surface area contributed by atoms with Gasteiger partial charge in [-0.1, -0.05) is 6.08 Å². The maximum atomic E-state index is 3.13. The summed E-state index contributed by atoms with van der Waals surface area (Å²) in [5.74, 6) is 0. The van der Waals surface area contributed by atoms with Gasteiger partial charge >= 0.3 is 0 Å². The SMILES string of the molecule is CNCC1=CC=CNC1. The molecule has 2 nitrogen and oxygen atoms in total. The molecular formula is C7H12N2. The van der Waals surface area contributed by atoms with E-state index in [4.69, 9.17) is 0 Å². The Labute approximate surface area is 55.6 Å². The fourth-order valence-electron chi connectivity index (χ4n) is 0.850. The minimum absolute atomic E-state index is 0.983. The molecule has 0 aromatic heterocycles. The van der Waals surface area contributed by atoms with Crippen LogP contribution in [-0.2, 0) is 0 Å². The van der Waals surface area contributed by atoms with E-state index >= 15 is 0 Å². The molecular weight excluding hydrogens is 112 g/mol. The van der Waals surface area contributed by atoms with Crippen LogP contribution in [-0.4, -0.2) is 20.1 Å². The van der Waals surface area contributed by atoms with Gasteiger partial charge in [-0.3, -0.25) is 0 Å². The molecule has 0 aromatic carbocycles. The number of likely N-dealkylation sites (N-methyl/N-ethyl adjacent to an activating group) is 1. The Hall–Kier alpha value is -0.760. The minimum Gasteiger partial charge on any atom is -0.387 e. The Morgan fingerprint density at radius 3 is 3.22 bits per heavy atom. The van der Waals surface area contributed by atoms with Gasteiger partial charge in [-0.05, 0) is 24.9 Å². The summed E-state index contributed by atoms with van der Waals surface area (Å²) in [4.78, 5) is 0. The largest absolute Gasteiger partial charge is 0.387 e. The van der Waals surface area contributed by atoms with Crippen LogP contribution < -0.4 is 10.6 Å². The first-order valence-electron chi connectivity index (χ1n) is 3.16. The summed E-state index contributed by atoms with van der Waals surface area (Å²) in [6.45, 7) is 1.97. The summed E-state index contributed by atoms with van der Waals surface area (Å²) < 4.78 is 0. The van der Waals surface area contributed by atoms with E-state index in [2.05, 4.69) is 16.7 Å². The predicted octanol–water partition coefficient (Wildman–Crippen LogP) is 0.249. The second-order valence-corrected chi connectivity index (χ2v) is 2.10. The summed E-state index contributed by atoms with van der Waals surface area (Å²) in [5.41, 5.74) is 1.40. The highest BCUT2D eigenvalue weighted by Gasteiger charge is 1.94. The van der Waals surface area contributed by atoms with Crippen molar-refractivity contribution < 1.29 is 0 Å². The molecule has 2 N–H and O–H groups in total. The molecule has 0 aromatic rings. The molecule has 0 saturated carbocycles. The Balaban J connectivity index is 2.38. The molecule has 1 aliphatic heterocycles. The highest BCUT2D eigenvalue weighted by Crippen LogP contribution is 1.94. The number of nitrogens with one attached hydrogen (secondary N) is 2. The smallest absolute Gasteiger partial charge is 0.0370 e. The molecule has 0 bridgehead atoms. The number of rotatable bonds is 2. The van der Waals surface area contributed by atoms with Crippen LogP contribution in [0.25, 0.3) is 0 Å². The van der Waals surface area contributed by atoms with Gasteiger partial charge in [-0.2, -0.15) is 0 Å². The normalized spacial score (nSPS) is 16.8. The quantitative estimate of drug-likeness (QED) is 0.551. The lowest BCUT2D eigenvalue weighted by Gasteiger charge is -2.08. The Morgan fingerprint density at radius 2 is 2.67 bits per heavy atom. The molecule has 1 aliphatic rings. The van der Waals surface area contributed by atoms with Crippen LogP contribution in [0.15, 0.2) is 23.9 Å². The molecule has 0 aliphatic carbocycles. The summed E-state index contributed by atoms with van der Waals surface area (Å²) >= 11 is 0. The van der Waals surface area contributed by atoms with Gasteiger partial charge in [0.25, 0.3) is 0 Å². The van der Waals surface area contributed by atoms with E-state index in [0.717, 1.165) is 13.1 Å². The second kappa shape index (κ2) is 3.30. The first-order chi connectivity index (χ1) is 4.43. The van der Waals surface area contributed by atoms with Crippen molar-refractivity contribution in [1.29, 1.82) is 0 Å². The maximum absolute atomic E-state index is 3.13. The molecule has 0 unspecified atom stereocenters. The highest BCUT2D eigenvalue weighted by molar-refractivity contribution is 5.19. The zero-order valence-electron chi connectivity index (χ0n) is 5.65. The molecule has 1 rings (SSSR count). The summed E-state index contributed by atoms with van der Waals surface area (Å²) in [5, 5.41) is 6.23. The first-order valence-corrected chi connectivity index (χ1v) is 3.16. The van der Waals surface area contributed by atoms with Gasteiger partial charge in [0.15, 0.2) is 0 Å². The van der Waals surface area contributed by atoms with Crippen molar-refractivity contribution in [1.82, 2.24) is 10.6 Å². The summed E-state index contributed by atoms with van der Waals surface area (Å²) in [6.07, 6.45) is 6.11. The highest BCUT2D eigenvalue weighted by atomic mass is 14.9. The van der Waals surface area contributed by atoms with Gasteiger partial charge in [-0.15, -0.1) is 0 Å². The first kappa shape index (κ1) is 6.36. The molecule has 2 heteroatoms. The van der Waals surface area contributed by atoms with Crippen LogP contribution in [0.3, 0.4) is 0 Å². The van der Waals surface area contributed by atoms with E-state index in [9.17, 15) is 0 Å². The minimum atomic E-state index is 0.983. The van der Waals surface area contributed by atoms with Gasteiger partial charge in [0.2, 0.25) is 0 Å². The lowest BCUT2D eigenvalue weighted by Crippen LogP contribution is -2.20. The van der Waals surface area contributed by atoms with Crippen LogP contribution in [0.2, 0.25) is 0 Å². The van der Waals surface area contributed by atoms with Crippen molar-refractivity contribution >= 4 is 0 Å². The molecule has 0 saturated heterocycles. The van der Waals surface area contributed by atoms with Crippen molar-refractivity contribution in [2.45, 2.75) is 0 Å². The van der Waals surface area contributed by atoms with Crippen molar-refractivity contribution in [3.8, 4) is 0 Å². The van der Waals surface area contributed by atoms with Crippen molar-refractivity contribution in [2.24, 2.45) is 0 Å². The Kier molecular flexibility index (Phi) is 2.33. The lowest BCUT2D eigenvalue weighted by atomic mass is 10.2. The molecule has 0 fully saturated rings. The predicted molar refractivity (Wildman–Crippen MR) is 39.2 cm³/mol. The third kappa shape index (κ3) is 1.90. The molecule has 0 amide bonds. The molecule has 9 heavy (non-hydrogen) atoms. The van der Waals surface area contributed by atoms with E-state index in [1.54, 1.807) is 0 Å². The fourth-order valence-corrected chi connectivity index (χ4v) is 0.850. The number of hydrogen-bond donors (Lipinski definition) is 2. The number of allylic oxidation sites excluding steroid dienone is 2. The van der Waals surface area contributed by atoms with E-state index in [1.807, 2.05) is 19.3 Å². The van der Waals surface area contributed by atoms with Crippen LogP contribution in [0.1, 0.15) is 0 Å². The van der Waals surface area contributed by atoms with Gasteiger partial charge in [0.1, 0.15) is 0 Å². The van der Waals surface area contributed by atoms with Crippen LogP contribution in [0.5, 0.6) is 0 Å². The average molecular weight is 124 g/mol. The van der Waals surface area contributed by atoms with Gasteiger partial charge in [-0.25, -0.2) is 0 Å². The Morgan fingerprint density at radius 1 is 1.78 bits per heavy atom. The standard InChI is InChI=1S/C7H12N2/c1-8-5-7-3-2-4-9-6-7/h2-4,8-9H,5-6H2,1H3. The van der Waals surface area contributed by atoms with Crippen LogP contribution in [0, 0.1) is 0 Å². The van der Waals surface area contributed by atoms with Gasteiger partial charge in [0.05, 0.1) is 0 Å². The summed E-state index contributed by atoms with van der Waals surface area (Å²) in [6, 6.07) is 0. The third-order valence-corrected chi connectivity index (χ3v) is 1.28. The van der Waals surface area contributed by atoms with E-state index in [-0.39, 0.29) is 0 Å². The topological polar surface area (TPSA) is 24.1 Å². The van der Waals surface area contributed by atoms with Crippen molar-refractivity contribution in [2.75, 3.05) is 20.1 Å². The summed E-state index contributed by atoms with van der Waals surface area (Å²) in [7, 11) is 1.96. The van der Waals surface area contributed by atoms with Gasteiger partial charge < -0.3 is 10.6 Å². The molecule has 50 valence electrons. The van der Waals surface area contributed by atoms with Crippen LogP contribution >= 0.6 is 0 Å². The lowest BCUT2D eigenvalue weighted by molar-refractivity contribution is 0.810. The monoisotopic (exact) mass is 124 g/mol. The van der Waals surface area contributed by atoms with Crippen molar-refractivity contribution in [3.05, 3.63) is 23.9 Å². The average Bonchev–Trinajstić information content (AvgIpc) is 1.91. The second-order valence-electron chi connectivity index (χ2n) is 2.10.